The van der Waals surface area contributed by atoms with Gasteiger partial charge < -0.3 is 19.8 Å². The van der Waals surface area contributed by atoms with Gasteiger partial charge in [0.2, 0.25) is 6.33 Å². The standard InChI is InChI=1S/C11H8BrN3O4S/c1-14-5-13-9(15(18)19)10(14)20-8-4-6(12)2-3-7(8)11(16)17/h2-5H,1H3,(H,16,17). The molecule has 0 aliphatic heterocycles. The molecule has 0 atom stereocenters. The summed E-state index contributed by atoms with van der Waals surface area (Å²) in [4.78, 5) is 25.6. The van der Waals surface area contributed by atoms with E-state index in [-0.39, 0.29) is 16.4 Å². The number of aromatic nitrogens is 2. The van der Waals surface area contributed by atoms with Crippen LogP contribution >= 0.6 is 27.7 Å². The predicted octanol–water partition coefficient (Wildman–Crippen LogP) is 2.94. The molecule has 0 spiro atoms. The molecule has 104 valence electrons. The van der Waals surface area contributed by atoms with Crippen LogP contribution in [-0.2, 0) is 7.05 Å². The Balaban J connectivity index is 2.50. The molecule has 2 aromatic rings. The van der Waals surface area contributed by atoms with Gasteiger partial charge in [0, 0.05) is 16.4 Å². The van der Waals surface area contributed by atoms with Crippen molar-refractivity contribution in [3.63, 3.8) is 0 Å². The number of rotatable bonds is 4. The molecule has 0 radical (unpaired) electrons. The van der Waals surface area contributed by atoms with Crippen LogP contribution in [0.3, 0.4) is 0 Å². The van der Waals surface area contributed by atoms with Crippen LogP contribution in [0.4, 0.5) is 5.82 Å². The maximum atomic E-state index is 11.2. The Bertz CT molecular complexity index is 701. The zero-order valence-electron chi connectivity index (χ0n) is 10.1. The fourth-order valence-corrected chi connectivity index (χ4v) is 3.09. The number of aromatic carboxylic acids is 1. The molecule has 20 heavy (non-hydrogen) atoms. The van der Waals surface area contributed by atoms with Gasteiger partial charge in [0.15, 0.2) is 5.03 Å². The lowest BCUT2D eigenvalue weighted by Crippen LogP contribution is -2.00. The summed E-state index contributed by atoms with van der Waals surface area (Å²) in [6, 6.07) is 4.65. The number of benzene rings is 1. The van der Waals surface area contributed by atoms with E-state index >= 15 is 0 Å². The Morgan fingerprint density at radius 1 is 1.55 bits per heavy atom. The molecule has 1 heterocycles. The van der Waals surface area contributed by atoms with E-state index in [1.54, 1.807) is 19.2 Å². The quantitative estimate of drug-likeness (QED) is 0.667. The molecule has 7 nitrogen and oxygen atoms in total. The van der Waals surface area contributed by atoms with E-state index in [4.69, 9.17) is 5.11 Å². The molecule has 1 aromatic heterocycles. The van der Waals surface area contributed by atoms with E-state index in [1.807, 2.05) is 0 Å². The Kier molecular flexibility index (Phi) is 4.09. The van der Waals surface area contributed by atoms with Crippen LogP contribution < -0.4 is 0 Å². The second-order valence-corrected chi connectivity index (χ2v) is 5.74. The topological polar surface area (TPSA) is 98.3 Å². The molecule has 0 unspecified atom stereocenters. The van der Waals surface area contributed by atoms with Crippen LogP contribution in [0.15, 0.2) is 38.9 Å². The predicted molar refractivity (Wildman–Crippen MR) is 75.1 cm³/mol. The number of hydrogen-bond donors (Lipinski definition) is 1. The lowest BCUT2D eigenvalue weighted by atomic mass is 10.2. The maximum Gasteiger partial charge on any atom is 0.396 e. The van der Waals surface area contributed by atoms with Gasteiger partial charge >= 0.3 is 11.8 Å². The van der Waals surface area contributed by atoms with Crippen molar-refractivity contribution in [2.45, 2.75) is 9.92 Å². The van der Waals surface area contributed by atoms with E-state index in [0.717, 1.165) is 11.8 Å². The highest BCUT2D eigenvalue weighted by Crippen LogP contribution is 2.36. The molecule has 0 bridgehead atoms. The van der Waals surface area contributed by atoms with Crippen LogP contribution in [-0.4, -0.2) is 25.6 Å². The third-order valence-electron chi connectivity index (χ3n) is 2.42. The summed E-state index contributed by atoms with van der Waals surface area (Å²) in [6.07, 6.45) is 1.32. The Morgan fingerprint density at radius 2 is 2.25 bits per heavy atom. The molecule has 1 N–H and O–H groups in total. The number of imidazole rings is 1. The lowest BCUT2D eigenvalue weighted by molar-refractivity contribution is -0.392. The number of carbonyl (C=O) groups is 1. The van der Waals surface area contributed by atoms with Gasteiger partial charge in [-0.3, -0.25) is 0 Å². The van der Waals surface area contributed by atoms with Crippen molar-refractivity contribution in [3.05, 3.63) is 44.7 Å². The van der Waals surface area contributed by atoms with Crippen LogP contribution in [0.2, 0.25) is 0 Å². The third-order valence-corrected chi connectivity index (χ3v) is 4.13. The van der Waals surface area contributed by atoms with Crippen LogP contribution in [0.1, 0.15) is 10.4 Å². The van der Waals surface area contributed by atoms with Gasteiger partial charge in [-0.15, -0.1) is 0 Å². The van der Waals surface area contributed by atoms with Crippen LogP contribution in [0.5, 0.6) is 0 Å². The monoisotopic (exact) mass is 357 g/mol. The van der Waals surface area contributed by atoms with Gasteiger partial charge in [0.1, 0.15) is 0 Å². The van der Waals surface area contributed by atoms with E-state index in [9.17, 15) is 14.9 Å². The van der Waals surface area contributed by atoms with Gasteiger partial charge in [0.05, 0.1) is 5.56 Å². The maximum absolute atomic E-state index is 11.2. The first-order chi connectivity index (χ1) is 9.40. The van der Waals surface area contributed by atoms with Crippen molar-refractivity contribution in [1.29, 1.82) is 0 Å². The molecular weight excluding hydrogens is 350 g/mol. The number of nitrogens with zero attached hydrogens (tertiary/aromatic N) is 3. The molecule has 2 rings (SSSR count). The summed E-state index contributed by atoms with van der Waals surface area (Å²) in [5.41, 5.74) is 0.0775. The molecule has 0 aliphatic rings. The van der Waals surface area contributed by atoms with Crippen molar-refractivity contribution in [2.24, 2.45) is 7.05 Å². The lowest BCUT2D eigenvalue weighted by Gasteiger charge is -2.06. The summed E-state index contributed by atoms with van der Waals surface area (Å²) < 4.78 is 2.17. The Hall–Kier alpha value is -1.87. The molecule has 0 aliphatic carbocycles. The van der Waals surface area contributed by atoms with Crippen molar-refractivity contribution >= 4 is 39.5 Å². The minimum atomic E-state index is -1.09. The zero-order valence-corrected chi connectivity index (χ0v) is 12.5. The first-order valence-corrected chi connectivity index (χ1v) is 6.87. The number of aryl methyl sites for hydroxylation is 1. The number of nitro groups is 1. The second-order valence-electron chi connectivity index (χ2n) is 3.79. The van der Waals surface area contributed by atoms with E-state index in [2.05, 4.69) is 20.9 Å². The van der Waals surface area contributed by atoms with Gasteiger partial charge in [-0.2, -0.15) is 0 Å². The Labute approximate surface area is 125 Å². The molecule has 9 heteroatoms. The van der Waals surface area contributed by atoms with E-state index < -0.39 is 10.9 Å². The van der Waals surface area contributed by atoms with Gasteiger partial charge in [-0.1, -0.05) is 27.7 Å². The van der Waals surface area contributed by atoms with Crippen LogP contribution in [0.25, 0.3) is 0 Å². The van der Waals surface area contributed by atoms with E-state index in [0.29, 0.717) is 9.37 Å². The van der Waals surface area contributed by atoms with Gasteiger partial charge in [-0.25, -0.2) is 4.79 Å². The summed E-state index contributed by atoms with van der Waals surface area (Å²) in [7, 11) is 1.61. The summed E-state index contributed by atoms with van der Waals surface area (Å²) >= 11 is 4.25. The second kappa shape index (κ2) is 5.63. The average Bonchev–Trinajstić information content (AvgIpc) is 2.71. The third kappa shape index (κ3) is 2.83. The van der Waals surface area contributed by atoms with Gasteiger partial charge in [-0.05, 0) is 28.1 Å². The molecule has 0 amide bonds. The highest BCUT2D eigenvalue weighted by molar-refractivity contribution is 9.10. The fourth-order valence-electron chi connectivity index (χ4n) is 1.51. The molecule has 0 saturated carbocycles. The zero-order chi connectivity index (χ0) is 14.9. The molecule has 1 aromatic carbocycles. The Morgan fingerprint density at radius 3 is 2.85 bits per heavy atom. The molecule has 0 saturated heterocycles. The highest BCUT2D eigenvalue weighted by atomic mass is 79.9. The van der Waals surface area contributed by atoms with Crippen molar-refractivity contribution in [1.82, 2.24) is 9.55 Å². The highest BCUT2D eigenvalue weighted by Gasteiger charge is 2.23. The first kappa shape index (κ1) is 14.5. The summed E-state index contributed by atoms with van der Waals surface area (Å²) in [6.45, 7) is 0. The normalized spacial score (nSPS) is 10.5. The molecule has 0 fully saturated rings. The minimum Gasteiger partial charge on any atom is -0.478 e. The number of carboxylic acid groups (broad SMARTS) is 1. The minimum absolute atomic E-state index is 0.0775. The number of halogens is 1. The SMILES string of the molecule is Cn1cnc([N+](=O)[O-])c1Sc1cc(Br)ccc1C(=O)O. The summed E-state index contributed by atoms with van der Waals surface area (Å²) in [5, 5.41) is 20.3. The van der Waals surface area contributed by atoms with Crippen LogP contribution in [0, 0.1) is 10.1 Å². The van der Waals surface area contributed by atoms with Crippen molar-refractivity contribution in [3.8, 4) is 0 Å². The average molecular weight is 358 g/mol. The van der Waals surface area contributed by atoms with Crippen molar-refractivity contribution < 1.29 is 14.8 Å². The summed E-state index contributed by atoms with van der Waals surface area (Å²) in [5.74, 6) is -1.39. The fraction of sp³-hybridized carbons (Fsp3) is 0.0909. The number of hydrogen-bond acceptors (Lipinski definition) is 5. The number of carboxylic acids is 1. The largest absolute Gasteiger partial charge is 0.478 e. The smallest absolute Gasteiger partial charge is 0.396 e. The van der Waals surface area contributed by atoms with Gasteiger partial charge in [0.25, 0.3) is 0 Å². The van der Waals surface area contributed by atoms with E-state index in [1.165, 1.54) is 17.0 Å². The first-order valence-electron chi connectivity index (χ1n) is 5.26. The molecular formula is C11H8BrN3O4S. The van der Waals surface area contributed by atoms with Crippen molar-refractivity contribution in [2.75, 3.05) is 0 Å².